The number of aromatic hydroxyl groups is 1. The van der Waals surface area contributed by atoms with Crippen molar-refractivity contribution in [3.63, 3.8) is 0 Å². The van der Waals surface area contributed by atoms with Gasteiger partial charge in [-0.3, -0.25) is 4.79 Å². The van der Waals surface area contributed by atoms with Gasteiger partial charge in [0.2, 0.25) is 5.88 Å². The van der Waals surface area contributed by atoms with Crippen LogP contribution in [0, 0.1) is 0 Å². The number of aromatic nitrogens is 1. The molecule has 0 fully saturated rings. The van der Waals surface area contributed by atoms with Crippen LogP contribution >= 0.6 is 0 Å². The van der Waals surface area contributed by atoms with Crippen molar-refractivity contribution in [1.29, 1.82) is 0 Å². The van der Waals surface area contributed by atoms with Gasteiger partial charge in [0, 0.05) is 18.0 Å². The third kappa shape index (κ3) is 2.11. The monoisotopic (exact) mass is 291 g/mol. The molecule has 0 aliphatic heterocycles. The maximum Gasteiger partial charge on any atom is 0.203 e. The standard InChI is InChI=1S/C19H17NO2/c1-12(2)13-8-10-14(11-9-13)18(21)17-15-6-4-5-7-16(15)20(3)19(17)22/h4-11,22H,1H2,2-3H3. The molecule has 1 heterocycles. The van der Waals surface area contributed by atoms with Crippen molar-refractivity contribution in [1.82, 2.24) is 4.57 Å². The lowest BCUT2D eigenvalue weighted by Crippen LogP contribution is -2.01. The Kier molecular flexibility index (Phi) is 3.33. The summed E-state index contributed by atoms with van der Waals surface area (Å²) in [4.78, 5) is 12.8. The van der Waals surface area contributed by atoms with Crippen LogP contribution in [-0.2, 0) is 7.05 Å². The normalized spacial score (nSPS) is 10.8. The summed E-state index contributed by atoms with van der Waals surface area (Å²) in [6.45, 7) is 5.81. The molecule has 0 aliphatic carbocycles. The van der Waals surface area contributed by atoms with Gasteiger partial charge in [-0.05, 0) is 18.6 Å². The molecule has 3 rings (SSSR count). The number of rotatable bonds is 3. The van der Waals surface area contributed by atoms with Crippen molar-refractivity contribution < 1.29 is 9.90 Å². The second-order valence-corrected chi connectivity index (χ2v) is 5.46. The van der Waals surface area contributed by atoms with Crippen LogP contribution in [-0.4, -0.2) is 15.5 Å². The highest BCUT2D eigenvalue weighted by Gasteiger charge is 2.21. The van der Waals surface area contributed by atoms with Crippen LogP contribution in [0.4, 0.5) is 0 Å². The van der Waals surface area contributed by atoms with E-state index in [4.69, 9.17) is 0 Å². The second kappa shape index (κ2) is 5.19. The third-order valence-corrected chi connectivity index (χ3v) is 3.94. The van der Waals surface area contributed by atoms with E-state index >= 15 is 0 Å². The van der Waals surface area contributed by atoms with Crippen molar-refractivity contribution in [2.75, 3.05) is 0 Å². The van der Waals surface area contributed by atoms with Gasteiger partial charge >= 0.3 is 0 Å². The highest BCUT2D eigenvalue weighted by atomic mass is 16.3. The van der Waals surface area contributed by atoms with Crippen LogP contribution in [0.3, 0.4) is 0 Å². The van der Waals surface area contributed by atoms with Gasteiger partial charge < -0.3 is 9.67 Å². The van der Waals surface area contributed by atoms with E-state index in [0.717, 1.165) is 22.0 Å². The molecule has 0 bridgehead atoms. The largest absolute Gasteiger partial charge is 0.494 e. The van der Waals surface area contributed by atoms with Crippen LogP contribution in [0.2, 0.25) is 0 Å². The van der Waals surface area contributed by atoms with Crippen LogP contribution < -0.4 is 0 Å². The van der Waals surface area contributed by atoms with Gasteiger partial charge in [-0.2, -0.15) is 0 Å². The molecule has 0 unspecified atom stereocenters. The van der Waals surface area contributed by atoms with Gasteiger partial charge in [0.1, 0.15) is 0 Å². The number of fused-ring (bicyclic) bond motifs is 1. The smallest absolute Gasteiger partial charge is 0.203 e. The van der Waals surface area contributed by atoms with Crippen LogP contribution in [0.15, 0.2) is 55.1 Å². The van der Waals surface area contributed by atoms with E-state index in [2.05, 4.69) is 6.58 Å². The molecule has 0 amide bonds. The maximum absolute atomic E-state index is 12.8. The lowest BCUT2D eigenvalue weighted by Gasteiger charge is -2.04. The van der Waals surface area contributed by atoms with Crippen molar-refractivity contribution in [3.05, 3.63) is 71.8 Å². The Morgan fingerprint density at radius 3 is 2.27 bits per heavy atom. The first-order valence-electron chi connectivity index (χ1n) is 7.07. The predicted molar refractivity (Wildman–Crippen MR) is 89.2 cm³/mol. The number of ketones is 1. The van der Waals surface area contributed by atoms with Gasteiger partial charge in [0.05, 0.1) is 11.1 Å². The first-order valence-corrected chi connectivity index (χ1v) is 7.07. The predicted octanol–water partition coefficient (Wildman–Crippen LogP) is 4.15. The number of carbonyl (C=O) groups is 1. The van der Waals surface area contributed by atoms with E-state index in [1.54, 1.807) is 23.7 Å². The Hall–Kier alpha value is -2.81. The molecule has 110 valence electrons. The summed E-state index contributed by atoms with van der Waals surface area (Å²) in [6.07, 6.45) is 0. The van der Waals surface area contributed by atoms with E-state index in [-0.39, 0.29) is 11.7 Å². The average Bonchev–Trinajstić information content (AvgIpc) is 2.79. The third-order valence-electron chi connectivity index (χ3n) is 3.94. The minimum atomic E-state index is -0.178. The summed E-state index contributed by atoms with van der Waals surface area (Å²) >= 11 is 0. The summed E-state index contributed by atoms with van der Waals surface area (Å²) in [7, 11) is 1.75. The Labute approximate surface area is 129 Å². The van der Waals surface area contributed by atoms with Crippen molar-refractivity contribution in [2.45, 2.75) is 6.92 Å². The molecule has 0 saturated heterocycles. The first kappa shape index (κ1) is 14.1. The van der Waals surface area contributed by atoms with Gasteiger partial charge in [-0.1, -0.05) is 54.6 Å². The minimum absolute atomic E-state index is 0.00447. The molecule has 3 heteroatoms. The highest BCUT2D eigenvalue weighted by Crippen LogP contribution is 2.32. The summed E-state index contributed by atoms with van der Waals surface area (Å²) in [5.74, 6) is -0.183. The van der Waals surface area contributed by atoms with Crippen LogP contribution in [0.25, 0.3) is 16.5 Å². The molecule has 1 N–H and O–H groups in total. The van der Waals surface area contributed by atoms with Crippen molar-refractivity contribution >= 4 is 22.3 Å². The number of para-hydroxylation sites is 1. The van der Waals surface area contributed by atoms with Gasteiger partial charge in [0.25, 0.3) is 0 Å². The zero-order valence-electron chi connectivity index (χ0n) is 12.6. The topological polar surface area (TPSA) is 42.2 Å². The van der Waals surface area contributed by atoms with Crippen LogP contribution in [0.1, 0.15) is 28.4 Å². The molecule has 0 atom stereocenters. The van der Waals surface area contributed by atoms with Crippen LogP contribution in [0.5, 0.6) is 5.88 Å². The molecule has 0 spiro atoms. The minimum Gasteiger partial charge on any atom is -0.494 e. The summed E-state index contributed by atoms with van der Waals surface area (Å²) < 4.78 is 1.63. The summed E-state index contributed by atoms with van der Waals surface area (Å²) in [5.41, 5.74) is 3.69. The zero-order chi connectivity index (χ0) is 15.9. The number of nitrogens with zero attached hydrogens (tertiary/aromatic N) is 1. The Morgan fingerprint density at radius 1 is 1.05 bits per heavy atom. The zero-order valence-corrected chi connectivity index (χ0v) is 12.6. The number of aryl methyl sites for hydroxylation is 1. The summed E-state index contributed by atoms with van der Waals surface area (Å²) in [5, 5.41) is 11.1. The second-order valence-electron chi connectivity index (χ2n) is 5.46. The Morgan fingerprint density at radius 2 is 1.64 bits per heavy atom. The molecule has 22 heavy (non-hydrogen) atoms. The quantitative estimate of drug-likeness (QED) is 0.737. The lowest BCUT2D eigenvalue weighted by atomic mass is 9.99. The molecule has 1 aromatic heterocycles. The first-order chi connectivity index (χ1) is 10.5. The number of benzene rings is 2. The molecule has 3 aromatic rings. The van der Waals surface area contributed by atoms with E-state index in [9.17, 15) is 9.90 Å². The van der Waals surface area contributed by atoms with E-state index < -0.39 is 0 Å². The fourth-order valence-corrected chi connectivity index (χ4v) is 2.65. The lowest BCUT2D eigenvalue weighted by molar-refractivity contribution is 0.103. The highest BCUT2D eigenvalue weighted by molar-refractivity contribution is 6.18. The van der Waals surface area contributed by atoms with E-state index in [0.29, 0.717) is 11.1 Å². The Bertz CT molecular complexity index is 886. The van der Waals surface area contributed by atoms with E-state index in [1.807, 2.05) is 43.3 Å². The molecular weight excluding hydrogens is 274 g/mol. The molecule has 0 radical (unpaired) electrons. The number of hydrogen-bond acceptors (Lipinski definition) is 2. The van der Waals surface area contributed by atoms with Crippen molar-refractivity contribution in [3.8, 4) is 5.88 Å². The SMILES string of the molecule is C=C(C)c1ccc(C(=O)c2c(O)n(C)c3ccccc23)cc1. The molecule has 0 saturated carbocycles. The molecular formula is C19H17NO2. The van der Waals surface area contributed by atoms with Gasteiger partial charge in [-0.15, -0.1) is 0 Å². The fraction of sp³-hybridized carbons (Fsp3) is 0.105. The van der Waals surface area contributed by atoms with Gasteiger partial charge in [-0.25, -0.2) is 0 Å². The number of allylic oxidation sites excluding steroid dienone is 1. The molecule has 2 aromatic carbocycles. The maximum atomic E-state index is 12.8. The van der Waals surface area contributed by atoms with E-state index in [1.165, 1.54) is 0 Å². The Balaban J connectivity index is 2.13. The number of carbonyl (C=O) groups excluding carboxylic acids is 1. The molecule has 0 aliphatic rings. The average molecular weight is 291 g/mol. The summed E-state index contributed by atoms with van der Waals surface area (Å²) in [6, 6.07) is 14.8. The van der Waals surface area contributed by atoms with Gasteiger partial charge in [0.15, 0.2) is 5.78 Å². The fourth-order valence-electron chi connectivity index (χ4n) is 2.65. The molecule has 3 nitrogen and oxygen atoms in total. The van der Waals surface area contributed by atoms with Crippen molar-refractivity contribution in [2.24, 2.45) is 7.05 Å². The number of hydrogen-bond donors (Lipinski definition) is 1.